The Hall–Kier alpha value is -2.61. The Morgan fingerprint density at radius 3 is 1.51 bits per heavy atom. The molecule has 2 aromatic rings. The molecule has 4 amide bonds. The van der Waals surface area contributed by atoms with Crippen molar-refractivity contribution < 1.29 is 28.7 Å². The molecule has 2 saturated heterocycles. The number of halogens is 2. The molecule has 2 aliphatic heterocycles. The zero-order valence-corrected chi connectivity index (χ0v) is 23.8. The van der Waals surface area contributed by atoms with Gasteiger partial charge in [-0.15, -0.1) is 0 Å². The number of nitrogens with zero attached hydrogens (tertiary/aromatic N) is 2. The summed E-state index contributed by atoms with van der Waals surface area (Å²) in [7, 11) is 0. The van der Waals surface area contributed by atoms with Gasteiger partial charge in [-0.1, -0.05) is 6.08 Å². The van der Waals surface area contributed by atoms with Gasteiger partial charge < -0.3 is 4.74 Å². The second kappa shape index (κ2) is 9.00. The summed E-state index contributed by atoms with van der Waals surface area (Å²) >= 11 is 4.28. The molecule has 5 aliphatic rings. The predicted molar refractivity (Wildman–Crippen MR) is 149 cm³/mol. The number of benzene rings is 2. The highest BCUT2D eigenvalue weighted by atomic mass is 127. The van der Waals surface area contributed by atoms with E-state index in [0.29, 0.717) is 11.4 Å². The van der Waals surface area contributed by atoms with Crippen LogP contribution in [0, 0.1) is 42.6 Å². The molecular formula is C27H20I2N2O6. The van der Waals surface area contributed by atoms with Gasteiger partial charge in [0.15, 0.2) is 0 Å². The zero-order chi connectivity index (χ0) is 26.2. The summed E-state index contributed by atoms with van der Waals surface area (Å²) in [5.41, 5.74) is 1.08. The normalized spacial score (nSPS) is 30.0. The smallest absolute Gasteiger partial charge is 0.334 e. The molecule has 3 fully saturated rings. The average molecular weight is 722 g/mol. The molecule has 3 aliphatic carbocycles. The number of hydrogen-bond donors (Lipinski definition) is 0. The van der Waals surface area contributed by atoms with Gasteiger partial charge in [-0.3, -0.25) is 29.0 Å². The molecule has 0 N–H and O–H groups in total. The van der Waals surface area contributed by atoms with Crippen LogP contribution in [-0.2, 0) is 28.7 Å². The van der Waals surface area contributed by atoms with Gasteiger partial charge in [-0.25, -0.2) is 4.79 Å². The van der Waals surface area contributed by atoms with Crippen molar-refractivity contribution in [2.75, 3.05) is 16.4 Å². The van der Waals surface area contributed by atoms with Crippen molar-refractivity contribution in [3.8, 4) is 0 Å². The first-order valence-corrected chi connectivity index (χ1v) is 14.1. The molecule has 2 unspecified atom stereocenters. The Kier molecular flexibility index (Phi) is 6.01. The number of ether oxygens (including phenoxy) is 1. The molecule has 2 aromatic carbocycles. The largest absolute Gasteiger partial charge is 0.463 e. The van der Waals surface area contributed by atoms with Gasteiger partial charge in [0, 0.05) is 24.5 Å². The molecule has 2 bridgehead atoms. The molecule has 0 radical (unpaired) electrons. The van der Waals surface area contributed by atoms with Gasteiger partial charge in [0.25, 0.3) is 0 Å². The topological polar surface area (TPSA) is 101 Å². The maximum atomic E-state index is 13.8. The van der Waals surface area contributed by atoms with Crippen LogP contribution in [0.25, 0.3) is 0 Å². The fourth-order valence-corrected chi connectivity index (χ4v) is 7.18. The quantitative estimate of drug-likeness (QED) is 0.272. The molecule has 7 rings (SSSR count). The number of amides is 4. The van der Waals surface area contributed by atoms with Crippen molar-refractivity contribution in [1.82, 2.24) is 0 Å². The molecule has 8 nitrogen and oxygen atoms in total. The van der Waals surface area contributed by atoms with Crippen molar-refractivity contribution in [3.05, 3.63) is 67.3 Å². The summed E-state index contributed by atoms with van der Waals surface area (Å²) in [5, 5.41) is 0. The standard InChI is InChI=1S/C27H20I2N2O6/c1-2-37-27(36)17-11-16-19-21(25(34)30(23(19)32)14-7-3-12(28)4-8-14)18(17)22-20(16)24(33)31(26(22)35)15-9-5-13(29)6-10-15/h3-11,16,18-22H,2H2,1H3/t16?,18?,19-,20+,21+,22-. The number of rotatable bonds is 4. The summed E-state index contributed by atoms with van der Waals surface area (Å²) in [4.78, 5) is 70.5. The van der Waals surface area contributed by atoms with E-state index in [1.807, 2.05) is 0 Å². The summed E-state index contributed by atoms with van der Waals surface area (Å²) < 4.78 is 7.18. The average Bonchev–Trinajstić information content (AvgIpc) is 3.32. The molecule has 2 heterocycles. The molecule has 1 saturated carbocycles. The number of imide groups is 2. The van der Waals surface area contributed by atoms with Crippen LogP contribution in [0.1, 0.15) is 6.92 Å². The van der Waals surface area contributed by atoms with Gasteiger partial charge in [0.05, 0.1) is 41.7 Å². The minimum atomic E-state index is -0.922. The summed E-state index contributed by atoms with van der Waals surface area (Å²) in [6.07, 6.45) is 1.62. The second-order valence-electron chi connectivity index (χ2n) is 9.53. The zero-order valence-electron chi connectivity index (χ0n) is 19.5. The number of allylic oxidation sites excluding steroid dienone is 1. The minimum Gasteiger partial charge on any atom is -0.463 e. The van der Waals surface area contributed by atoms with E-state index in [4.69, 9.17) is 4.74 Å². The third-order valence-electron chi connectivity index (χ3n) is 7.81. The first-order valence-electron chi connectivity index (χ1n) is 11.9. The Morgan fingerprint density at radius 1 is 0.703 bits per heavy atom. The van der Waals surface area contributed by atoms with E-state index < -0.39 is 65.1 Å². The van der Waals surface area contributed by atoms with E-state index in [9.17, 15) is 24.0 Å². The van der Waals surface area contributed by atoms with Gasteiger partial charge in [-0.05, 0) is 101 Å². The maximum Gasteiger partial charge on any atom is 0.334 e. The van der Waals surface area contributed by atoms with Crippen molar-refractivity contribution in [3.63, 3.8) is 0 Å². The number of carbonyl (C=O) groups excluding carboxylic acids is 5. The van der Waals surface area contributed by atoms with Gasteiger partial charge in [-0.2, -0.15) is 0 Å². The number of esters is 1. The number of anilines is 2. The van der Waals surface area contributed by atoms with Crippen LogP contribution in [0.15, 0.2) is 60.2 Å². The van der Waals surface area contributed by atoms with Crippen LogP contribution < -0.4 is 9.80 Å². The fourth-order valence-electron chi connectivity index (χ4n) is 6.46. The molecular weight excluding hydrogens is 702 g/mol. The highest BCUT2D eigenvalue weighted by molar-refractivity contribution is 14.1. The monoisotopic (exact) mass is 722 g/mol. The van der Waals surface area contributed by atoms with Crippen molar-refractivity contribution in [1.29, 1.82) is 0 Å². The molecule has 0 aromatic heterocycles. The lowest BCUT2D eigenvalue weighted by Gasteiger charge is -2.46. The Balaban J connectivity index is 1.46. The lowest BCUT2D eigenvalue weighted by Crippen LogP contribution is -2.53. The summed E-state index contributed by atoms with van der Waals surface area (Å²) in [6, 6.07) is 14.0. The van der Waals surface area contributed by atoms with Crippen LogP contribution in [0.3, 0.4) is 0 Å². The molecule has 0 spiro atoms. The van der Waals surface area contributed by atoms with Crippen LogP contribution >= 0.6 is 45.2 Å². The first-order chi connectivity index (χ1) is 17.7. The van der Waals surface area contributed by atoms with Crippen LogP contribution in [0.2, 0.25) is 0 Å². The highest BCUT2D eigenvalue weighted by Gasteiger charge is 2.71. The van der Waals surface area contributed by atoms with Gasteiger partial charge in [0.1, 0.15) is 0 Å². The van der Waals surface area contributed by atoms with Crippen LogP contribution in [0.4, 0.5) is 11.4 Å². The van der Waals surface area contributed by atoms with E-state index in [-0.39, 0.29) is 12.2 Å². The van der Waals surface area contributed by atoms with Crippen LogP contribution in [0.5, 0.6) is 0 Å². The van der Waals surface area contributed by atoms with Crippen LogP contribution in [-0.4, -0.2) is 36.2 Å². The van der Waals surface area contributed by atoms with Gasteiger partial charge in [0.2, 0.25) is 23.6 Å². The lowest BCUT2D eigenvalue weighted by atomic mass is 9.52. The highest BCUT2D eigenvalue weighted by Crippen LogP contribution is 2.60. The van der Waals surface area contributed by atoms with E-state index in [0.717, 1.165) is 16.9 Å². The molecule has 6 atom stereocenters. The minimum absolute atomic E-state index is 0.124. The fraction of sp³-hybridized carbons (Fsp3) is 0.296. The number of hydrogen-bond acceptors (Lipinski definition) is 6. The van der Waals surface area contributed by atoms with Gasteiger partial charge >= 0.3 is 5.97 Å². The third-order valence-corrected chi connectivity index (χ3v) is 9.25. The summed E-state index contributed by atoms with van der Waals surface area (Å²) in [6.45, 7) is 1.80. The maximum absolute atomic E-state index is 13.8. The van der Waals surface area contributed by atoms with Crippen molar-refractivity contribution >= 4 is 86.2 Å². The lowest BCUT2D eigenvalue weighted by molar-refractivity contribution is -0.146. The Labute approximate surface area is 239 Å². The number of carbonyl (C=O) groups is 5. The predicted octanol–water partition coefficient (Wildman–Crippen LogP) is 3.56. The van der Waals surface area contributed by atoms with Crippen molar-refractivity contribution in [2.24, 2.45) is 35.5 Å². The van der Waals surface area contributed by atoms with E-state index in [1.165, 1.54) is 0 Å². The summed E-state index contributed by atoms with van der Waals surface area (Å²) in [5.74, 6) is -7.52. The second-order valence-corrected chi connectivity index (χ2v) is 12.0. The molecule has 188 valence electrons. The third kappa shape index (κ3) is 3.54. The Bertz CT molecular complexity index is 1310. The first kappa shape index (κ1) is 24.7. The molecule has 37 heavy (non-hydrogen) atoms. The molecule has 10 heteroatoms. The Morgan fingerprint density at radius 2 is 1.11 bits per heavy atom. The van der Waals surface area contributed by atoms with E-state index in [1.54, 1.807) is 61.5 Å². The van der Waals surface area contributed by atoms with E-state index in [2.05, 4.69) is 45.2 Å². The SMILES string of the molecule is CCOC(=O)C1=CC2[C@H]3C(=O)N(c4ccc(I)cc4)C(=O)[C@H]3C1[C@H]1C(=O)N(c3ccc(I)cc3)C(=O)[C@@H]21. The van der Waals surface area contributed by atoms with Crippen molar-refractivity contribution in [2.45, 2.75) is 6.92 Å². The van der Waals surface area contributed by atoms with E-state index >= 15 is 0 Å².